The molecule has 0 radical (unpaired) electrons. The molecule has 0 heterocycles. The van der Waals surface area contributed by atoms with Crippen molar-refractivity contribution in [2.24, 2.45) is 0 Å². The van der Waals surface area contributed by atoms with E-state index in [2.05, 4.69) is 0 Å². The molecule has 0 aromatic heterocycles. The lowest BCUT2D eigenvalue weighted by molar-refractivity contribution is 0.0686. The lowest BCUT2D eigenvalue weighted by Gasteiger charge is -2.24. The predicted molar refractivity (Wildman–Crippen MR) is 86.5 cm³/mol. The van der Waals surface area contributed by atoms with Gasteiger partial charge in [-0.15, -0.1) is 0 Å². The Morgan fingerprint density at radius 1 is 0.720 bits per heavy atom. The molecule has 0 saturated heterocycles. The van der Waals surface area contributed by atoms with Crippen molar-refractivity contribution >= 4 is 19.3 Å². The van der Waals surface area contributed by atoms with Crippen LogP contribution in [0.2, 0.25) is 0 Å². The molecule has 8 nitrogen and oxygen atoms in total. The minimum Gasteiger partial charge on any atom is -0.478 e. The van der Waals surface area contributed by atoms with E-state index in [1.54, 1.807) is 0 Å². The largest absolute Gasteiger partial charge is 0.478 e. The molecule has 0 fully saturated rings. The van der Waals surface area contributed by atoms with E-state index < -0.39 is 31.0 Å². The fraction of sp³-hybridized carbons (Fsp3) is 0.125. The number of aliphatic hydroxyl groups excluding tert-OH is 2. The molecule has 25 heavy (non-hydrogen) atoms. The van der Waals surface area contributed by atoms with Crippen molar-refractivity contribution in [3.8, 4) is 0 Å². The molecule has 0 spiro atoms. The van der Waals surface area contributed by atoms with E-state index in [1.165, 1.54) is 24.3 Å². The molecule has 2 rings (SSSR count). The van der Waals surface area contributed by atoms with Gasteiger partial charge in [0.15, 0.2) is 11.7 Å². The second kappa shape index (κ2) is 7.16. The van der Waals surface area contributed by atoms with Crippen LogP contribution in [0.5, 0.6) is 0 Å². The molecule has 132 valence electrons. The van der Waals surface area contributed by atoms with Crippen molar-refractivity contribution in [3.05, 3.63) is 70.8 Å². The molecule has 0 aliphatic carbocycles. The molecule has 0 aliphatic heterocycles. The van der Waals surface area contributed by atoms with Gasteiger partial charge < -0.3 is 25.3 Å². The van der Waals surface area contributed by atoms with Gasteiger partial charge in [-0.25, -0.2) is 9.59 Å². The Labute approximate surface area is 142 Å². The molecule has 2 atom stereocenters. The highest BCUT2D eigenvalue weighted by molar-refractivity contribution is 7.58. The number of hydrogen-bond donors (Lipinski definition) is 5. The minimum absolute atomic E-state index is 0.0305. The minimum atomic E-state index is -4.58. The van der Waals surface area contributed by atoms with Crippen LogP contribution in [0.4, 0.5) is 0 Å². The normalized spacial score (nSPS) is 15.8. The Kier molecular flexibility index (Phi) is 5.39. The number of benzene rings is 2. The van der Waals surface area contributed by atoms with E-state index in [4.69, 9.17) is 10.2 Å². The summed E-state index contributed by atoms with van der Waals surface area (Å²) in [4.78, 5) is 31.7. The van der Waals surface area contributed by atoms with Crippen LogP contribution < -0.4 is 0 Å². The smallest absolute Gasteiger partial charge is 0.335 e. The first-order chi connectivity index (χ1) is 11.6. The molecule has 0 amide bonds. The number of aromatic carboxylic acids is 2. The maximum Gasteiger partial charge on any atom is 0.335 e. The molecular formula is C16H15O8P. The van der Waals surface area contributed by atoms with E-state index >= 15 is 0 Å². The van der Waals surface area contributed by atoms with Crippen LogP contribution in [0.3, 0.4) is 0 Å². The van der Waals surface area contributed by atoms with Crippen molar-refractivity contribution in [2.45, 2.75) is 11.7 Å². The summed E-state index contributed by atoms with van der Waals surface area (Å²) in [6.07, 6.45) is 0. The van der Waals surface area contributed by atoms with E-state index in [0.29, 0.717) is 0 Å². The molecule has 9 heteroatoms. The Morgan fingerprint density at radius 2 is 1.00 bits per heavy atom. The summed E-state index contributed by atoms with van der Waals surface area (Å²) >= 11 is 0. The second-order valence-electron chi connectivity index (χ2n) is 5.27. The van der Waals surface area contributed by atoms with Gasteiger partial charge in [0.05, 0.1) is 11.1 Å². The first-order valence-electron chi connectivity index (χ1n) is 6.99. The fourth-order valence-electron chi connectivity index (χ4n) is 2.16. The van der Waals surface area contributed by atoms with Crippen LogP contribution in [0.25, 0.3) is 0 Å². The average molecular weight is 366 g/mol. The summed E-state index contributed by atoms with van der Waals surface area (Å²) in [5, 5.41) is 37.9. The molecule has 2 unspecified atom stereocenters. The van der Waals surface area contributed by atoms with Crippen molar-refractivity contribution < 1.29 is 39.5 Å². The van der Waals surface area contributed by atoms with Gasteiger partial charge in [0.25, 0.3) is 7.37 Å². The van der Waals surface area contributed by atoms with Crippen LogP contribution in [-0.2, 0) is 4.57 Å². The van der Waals surface area contributed by atoms with E-state index in [9.17, 15) is 29.3 Å². The number of rotatable bonds is 6. The molecule has 2 aromatic carbocycles. The van der Waals surface area contributed by atoms with Gasteiger partial charge in [-0.2, -0.15) is 0 Å². The third kappa shape index (κ3) is 3.94. The summed E-state index contributed by atoms with van der Waals surface area (Å²) in [6.45, 7) is 0. The molecule has 2 aromatic rings. The Hall–Kier alpha value is -2.51. The van der Waals surface area contributed by atoms with Crippen LogP contribution >= 0.6 is 7.37 Å². The summed E-state index contributed by atoms with van der Waals surface area (Å²) in [5.74, 6) is -6.26. The standard InChI is InChI=1S/C16H15O8P/c17-13(18)9-1-5-11(6-2-9)15(21)25(23,24)16(22)12-7-3-10(4-8-12)14(19)20/h1-8,15-16,21-22H,(H,17,18)(H,19,20)(H,23,24). The monoisotopic (exact) mass is 366 g/mol. The van der Waals surface area contributed by atoms with Gasteiger partial charge in [-0.3, -0.25) is 4.57 Å². The fourth-order valence-corrected chi connectivity index (χ4v) is 3.62. The zero-order chi connectivity index (χ0) is 18.8. The number of carboxylic acids is 2. The lowest BCUT2D eigenvalue weighted by atomic mass is 10.1. The van der Waals surface area contributed by atoms with Gasteiger partial charge in [-0.05, 0) is 35.4 Å². The average Bonchev–Trinajstić information content (AvgIpc) is 2.60. The highest BCUT2D eigenvalue weighted by atomic mass is 31.2. The Bertz CT molecular complexity index is 761. The van der Waals surface area contributed by atoms with Crippen molar-refractivity contribution in [1.29, 1.82) is 0 Å². The maximum absolute atomic E-state index is 12.5. The van der Waals surface area contributed by atoms with E-state index in [0.717, 1.165) is 24.3 Å². The zero-order valence-corrected chi connectivity index (χ0v) is 13.6. The van der Waals surface area contributed by atoms with Gasteiger partial charge in [0, 0.05) is 0 Å². The lowest BCUT2D eigenvalue weighted by Crippen LogP contribution is -2.08. The van der Waals surface area contributed by atoms with Crippen LogP contribution in [0.15, 0.2) is 48.5 Å². The number of aliphatic hydroxyl groups is 2. The number of carboxylic acid groups (broad SMARTS) is 2. The van der Waals surface area contributed by atoms with Crippen molar-refractivity contribution in [2.75, 3.05) is 0 Å². The summed E-state index contributed by atoms with van der Waals surface area (Å²) in [6, 6.07) is 9.36. The van der Waals surface area contributed by atoms with Gasteiger partial charge in [0.2, 0.25) is 0 Å². The first kappa shape index (κ1) is 18.8. The predicted octanol–water partition coefficient (Wildman–Crippen LogP) is 2.04. The van der Waals surface area contributed by atoms with E-state index in [-0.39, 0.29) is 22.3 Å². The third-order valence-corrected chi connectivity index (χ3v) is 5.61. The Balaban J connectivity index is 2.27. The number of hydrogen-bond acceptors (Lipinski definition) is 5. The summed E-state index contributed by atoms with van der Waals surface area (Å²) in [5.41, 5.74) is -0.184. The highest BCUT2D eigenvalue weighted by Gasteiger charge is 2.39. The summed E-state index contributed by atoms with van der Waals surface area (Å²) < 4.78 is 12.5. The number of carbonyl (C=O) groups is 2. The van der Waals surface area contributed by atoms with Crippen LogP contribution in [-0.4, -0.2) is 37.3 Å². The molecular weight excluding hydrogens is 351 g/mol. The van der Waals surface area contributed by atoms with Crippen molar-refractivity contribution in [1.82, 2.24) is 0 Å². The van der Waals surface area contributed by atoms with Gasteiger partial charge >= 0.3 is 11.9 Å². The maximum atomic E-state index is 12.5. The SMILES string of the molecule is O=C(O)c1ccc(C(O)P(=O)(O)C(O)c2ccc(C(=O)O)cc2)cc1. The van der Waals surface area contributed by atoms with Crippen molar-refractivity contribution in [3.63, 3.8) is 0 Å². The Morgan fingerprint density at radius 3 is 1.24 bits per heavy atom. The van der Waals surface area contributed by atoms with Gasteiger partial charge in [-0.1, -0.05) is 24.3 Å². The van der Waals surface area contributed by atoms with Crippen LogP contribution in [0, 0.1) is 0 Å². The highest BCUT2D eigenvalue weighted by Crippen LogP contribution is 2.63. The molecule has 0 bridgehead atoms. The summed E-state index contributed by atoms with van der Waals surface area (Å²) in [7, 11) is -4.58. The topological polar surface area (TPSA) is 152 Å². The van der Waals surface area contributed by atoms with E-state index in [1.807, 2.05) is 0 Å². The third-order valence-electron chi connectivity index (χ3n) is 3.61. The molecule has 5 N–H and O–H groups in total. The second-order valence-corrected chi connectivity index (χ2v) is 7.60. The quantitative estimate of drug-likeness (QED) is 0.487. The first-order valence-corrected chi connectivity index (χ1v) is 8.79. The zero-order valence-electron chi connectivity index (χ0n) is 12.7. The van der Waals surface area contributed by atoms with Gasteiger partial charge in [0.1, 0.15) is 0 Å². The van der Waals surface area contributed by atoms with Crippen LogP contribution in [0.1, 0.15) is 43.5 Å². The molecule has 0 saturated carbocycles. The molecule has 0 aliphatic rings.